The van der Waals surface area contributed by atoms with E-state index in [1.807, 2.05) is 12.1 Å². The molecule has 0 saturated heterocycles. The van der Waals surface area contributed by atoms with Crippen LogP contribution in [0.15, 0.2) is 283 Å². The number of nitrogens with zero attached hydrogens (tertiary/aromatic N) is 2. The Morgan fingerprint density at radius 3 is 1.23 bits per heavy atom. The predicted molar refractivity (Wildman–Crippen MR) is 309 cm³/mol. The molecule has 0 N–H and O–H groups in total. The number of anilines is 6. The van der Waals surface area contributed by atoms with Crippen LogP contribution >= 0.6 is 0 Å². The lowest BCUT2D eigenvalue weighted by atomic mass is 9.92. The third-order valence-electron chi connectivity index (χ3n) is 14.7. The third-order valence-corrected chi connectivity index (χ3v) is 14.7. The van der Waals surface area contributed by atoms with Crippen molar-refractivity contribution in [2.24, 2.45) is 0 Å². The van der Waals surface area contributed by atoms with Gasteiger partial charge in [-0.3, -0.25) is 0 Å². The summed E-state index contributed by atoms with van der Waals surface area (Å²) in [7, 11) is 0. The molecule has 0 radical (unpaired) electrons. The average Bonchev–Trinajstić information content (AvgIpc) is 3.86. The summed E-state index contributed by atoms with van der Waals surface area (Å²) in [6.07, 6.45) is 0. The lowest BCUT2D eigenvalue weighted by Gasteiger charge is -2.27. The van der Waals surface area contributed by atoms with Crippen molar-refractivity contribution in [3.05, 3.63) is 279 Å². The zero-order valence-corrected chi connectivity index (χ0v) is 39.9. The highest BCUT2D eigenvalue weighted by Crippen LogP contribution is 2.45. The van der Waals surface area contributed by atoms with Crippen molar-refractivity contribution >= 4 is 99.2 Å². The van der Waals surface area contributed by atoms with Gasteiger partial charge in [-0.25, -0.2) is 0 Å². The first-order chi connectivity index (χ1) is 36.2. The van der Waals surface area contributed by atoms with Gasteiger partial charge in [-0.2, -0.15) is 0 Å². The van der Waals surface area contributed by atoms with E-state index in [0.29, 0.717) is 0 Å². The Hall–Kier alpha value is -9.70. The van der Waals surface area contributed by atoms with E-state index in [1.165, 1.54) is 59.8 Å². The number of rotatable bonds is 9. The Morgan fingerprint density at radius 1 is 0.219 bits per heavy atom. The van der Waals surface area contributed by atoms with Crippen LogP contribution in [-0.2, 0) is 0 Å². The van der Waals surface area contributed by atoms with E-state index in [4.69, 9.17) is 4.42 Å². The van der Waals surface area contributed by atoms with Crippen molar-refractivity contribution in [2.75, 3.05) is 9.80 Å². The highest BCUT2D eigenvalue weighted by molar-refractivity contribution is 6.25. The first kappa shape index (κ1) is 42.2. The van der Waals surface area contributed by atoms with Gasteiger partial charge in [-0.05, 0) is 144 Å². The van der Waals surface area contributed by atoms with E-state index >= 15 is 0 Å². The summed E-state index contributed by atoms with van der Waals surface area (Å²) in [5.41, 5.74) is 15.2. The Morgan fingerprint density at radius 2 is 0.644 bits per heavy atom. The van der Waals surface area contributed by atoms with Gasteiger partial charge in [-0.15, -0.1) is 0 Å². The van der Waals surface area contributed by atoms with Crippen molar-refractivity contribution < 1.29 is 4.42 Å². The van der Waals surface area contributed by atoms with E-state index in [9.17, 15) is 0 Å². The molecule has 0 aliphatic carbocycles. The maximum absolute atomic E-state index is 6.49. The summed E-state index contributed by atoms with van der Waals surface area (Å²) in [5, 5.41) is 12.3. The second kappa shape index (κ2) is 17.6. The Bertz CT molecular complexity index is 4280. The van der Waals surface area contributed by atoms with Crippen LogP contribution in [0.2, 0.25) is 0 Å². The molecule has 13 aromatic carbocycles. The Balaban J connectivity index is 0.860. The quantitative estimate of drug-likeness (QED) is 0.135. The molecule has 73 heavy (non-hydrogen) atoms. The van der Waals surface area contributed by atoms with Gasteiger partial charge < -0.3 is 14.2 Å². The van der Waals surface area contributed by atoms with Gasteiger partial charge in [0.05, 0.1) is 5.69 Å². The second-order valence-corrected chi connectivity index (χ2v) is 18.8. The van der Waals surface area contributed by atoms with E-state index in [-0.39, 0.29) is 0 Å². The summed E-state index contributed by atoms with van der Waals surface area (Å²) in [5.74, 6) is 0. The molecule has 14 aromatic rings. The molecule has 14 rings (SSSR count). The number of benzene rings is 13. The molecule has 342 valence electrons. The molecule has 3 heteroatoms. The molecule has 0 aliphatic heterocycles. The molecular formula is C70H46N2O. The maximum atomic E-state index is 6.49. The van der Waals surface area contributed by atoms with Crippen LogP contribution in [0.25, 0.3) is 98.4 Å². The second-order valence-electron chi connectivity index (χ2n) is 18.8. The van der Waals surface area contributed by atoms with Crippen LogP contribution in [0.1, 0.15) is 0 Å². The zero-order valence-electron chi connectivity index (χ0n) is 39.9. The van der Waals surface area contributed by atoms with E-state index in [1.54, 1.807) is 0 Å². The average molecular weight is 931 g/mol. The summed E-state index contributed by atoms with van der Waals surface area (Å²) in [4.78, 5) is 4.71. The third kappa shape index (κ3) is 7.29. The molecule has 0 aliphatic rings. The van der Waals surface area contributed by atoms with E-state index < -0.39 is 0 Å². The molecular weight excluding hydrogens is 885 g/mol. The number of para-hydroxylation sites is 4. The zero-order chi connectivity index (χ0) is 48.2. The lowest BCUT2D eigenvalue weighted by molar-refractivity contribution is 0.670. The first-order valence-electron chi connectivity index (χ1n) is 25.0. The van der Waals surface area contributed by atoms with Crippen molar-refractivity contribution in [3.8, 4) is 33.4 Å². The molecule has 0 spiro atoms. The molecule has 0 atom stereocenters. The fourth-order valence-corrected chi connectivity index (χ4v) is 11.2. The molecule has 0 saturated carbocycles. The van der Waals surface area contributed by atoms with Crippen LogP contribution in [0.5, 0.6) is 0 Å². The molecule has 0 unspecified atom stereocenters. The lowest BCUT2D eigenvalue weighted by Crippen LogP contribution is -2.10. The number of hydrogen-bond acceptors (Lipinski definition) is 3. The molecule has 0 amide bonds. The van der Waals surface area contributed by atoms with Crippen LogP contribution in [0.3, 0.4) is 0 Å². The number of fused-ring (bicyclic) bond motifs is 10. The van der Waals surface area contributed by atoms with Crippen LogP contribution in [0, 0.1) is 0 Å². The normalized spacial score (nSPS) is 11.6. The largest absolute Gasteiger partial charge is 0.455 e. The van der Waals surface area contributed by atoms with Gasteiger partial charge in [-0.1, -0.05) is 200 Å². The minimum Gasteiger partial charge on any atom is -0.455 e. The Kier molecular flexibility index (Phi) is 10.2. The maximum Gasteiger partial charge on any atom is 0.143 e. The minimum atomic E-state index is 0.899. The minimum absolute atomic E-state index is 0.899. The molecule has 1 heterocycles. The van der Waals surface area contributed by atoms with Gasteiger partial charge in [0, 0.05) is 50.2 Å². The molecule has 0 bridgehead atoms. The standard InChI is InChI=1S/C70H46N2O/c1-3-16-51(17-4-1)72(52-18-5-2-6-19-52)68-45-44-56(58-20-11-12-25-64(58)68)48-32-39-54(40-33-48)71(55-41-34-49(35-42-55)57-27-15-28-66-65-26-13-14-29-69(65)73-70(57)66)53-37-30-47(31-38-53)50-36-43-63-61-23-8-7-21-59(61)60-22-9-10-24-62(60)67(63)46-50/h1-46H. The fraction of sp³-hybridized carbons (Fsp3) is 0. The van der Waals surface area contributed by atoms with Crippen molar-refractivity contribution in [2.45, 2.75) is 0 Å². The van der Waals surface area contributed by atoms with E-state index in [2.05, 4.69) is 277 Å². The summed E-state index contributed by atoms with van der Waals surface area (Å²) in [6, 6.07) is 101. The van der Waals surface area contributed by atoms with Crippen LogP contribution < -0.4 is 9.80 Å². The van der Waals surface area contributed by atoms with Crippen LogP contribution in [0.4, 0.5) is 34.1 Å². The Labute approximate surface area is 423 Å². The van der Waals surface area contributed by atoms with Crippen LogP contribution in [-0.4, -0.2) is 0 Å². The molecule has 0 fully saturated rings. The summed E-state index contributed by atoms with van der Waals surface area (Å²) in [6.45, 7) is 0. The van der Waals surface area contributed by atoms with Crippen molar-refractivity contribution in [3.63, 3.8) is 0 Å². The van der Waals surface area contributed by atoms with Gasteiger partial charge in [0.25, 0.3) is 0 Å². The predicted octanol–water partition coefficient (Wildman–Crippen LogP) is 20.1. The van der Waals surface area contributed by atoms with Crippen molar-refractivity contribution in [1.29, 1.82) is 0 Å². The summed E-state index contributed by atoms with van der Waals surface area (Å²) < 4.78 is 6.49. The highest BCUT2D eigenvalue weighted by Gasteiger charge is 2.20. The fourth-order valence-electron chi connectivity index (χ4n) is 11.2. The SMILES string of the molecule is c1ccc(N(c2ccccc2)c2ccc(-c3ccc(N(c4ccc(-c5ccc6c7ccccc7c7ccccc7c6c5)cc4)c4ccc(-c5cccc6c5oc5ccccc56)cc4)cc3)c3ccccc23)cc1. The number of furan rings is 1. The topological polar surface area (TPSA) is 19.6 Å². The first-order valence-corrected chi connectivity index (χ1v) is 25.0. The molecule has 1 aromatic heterocycles. The van der Waals surface area contributed by atoms with Gasteiger partial charge in [0.2, 0.25) is 0 Å². The van der Waals surface area contributed by atoms with Crippen molar-refractivity contribution in [1.82, 2.24) is 0 Å². The highest BCUT2D eigenvalue weighted by atomic mass is 16.3. The van der Waals surface area contributed by atoms with E-state index in [0.717, 1.165) is 72.8 Å². The number of hydrogen-bond donors (Lipinski definition) is 0. The van der Waals surface area contributed by atoms with Gasteiger partial charge >= 0.3 is 0 Å². The monoisotopic (exact) mass is 930 g/mol. The van der Waals surface area contributed by atoms with Gasteiger partial charge in [0.1, 0.15) is 11.2 Å². The smallest absolute Gasteiger partial charge is 0.143 e. The van der Waals surface area contributed by atoms with Gasteiger partial charge in [0.15, 0.2) is 0 Å². The molecule has 3 nitrogen and oxygen atoms in total. The summed E-state index contributed by atoms with van der Waals surface area (Å²) >= 11 is 0.